The van der Waals surface area contributed by atoms with Gasteiger partial charge in [-0.05, 0) is 6.07 Å². The van der Waals surface area contributed by atoms with Crippen molar-refractivity contribution in [2.45, 2.75) is 6.10 Å². The fourth-order valence-electron chi connectivity index (χ4n) is 0.945. The van der Waals surface area contributed by atoms with Crippen LogP contribution in [0.15, 0.2) is 18.2 Å². The van der Waals surface area contributed by atoms with Crippen molar-refractivity contribution >= 4 is 0 Å². The highest BCUT2D eigenvalue weighted by Crippen LogP contribution is 2.31. The highest BCUT2D eigenvalue weighted by molar-refractivity contribution is 5.45. The minimum Gasteiger partial charge on any atom is -0.504 e. The number of para-hydroxylation sites is 1. The van der Waals surface area contributed by atoms with Crippen LogP contribution in [0.3, 0.4) is 0 Å². The number of aliphatic hydroxyl groups excluding tert-OH is 1. The van der Waals surface area contributed by atoms with Gasteiger partial charge in [0.1, 0.15) is 0 Å². The van der Waals surface area contributed by atoms with E-state index in [1.54, 1.807) is 0 Å². The number of benzene rings is 1. The zero-order valence-corrected chi connectivity index (χ0v) is 6.44. The average Bonchev–Trinajstić information content (AvgIpc) is 2.08. The van der Waals surface area contributed by atoms with Crippen LogP contribution in [0.25, 0.3) is 0 Å². The first kappa shape index (κ1) is 8.83. The molecule has 0 aliphatic heterocycles. The van der Waals surface area contributed by atoms with Crippen LogP contribution in [0.1, 0.15) is 11.7 Å². The van der Waals surface area contributed by atoms with Crippen molar-refractivity contribution in [1.29, 1.82) is 0 Å². The van der Waals surface area contributed by atoms with Crippen LogP contribution in [-0.2, 0) is 0 Å². The van der Waals surface area contributed by atoms with Gasteiger partial charge in [0.25, 0.3) is 0 Å². The van der Waals surface area contributed by atoms with Gasteiger partial charge in [-0.2, -0.15) is 0 Å². The molecule has 5 N–H and O–H groups in total. The van der Waals surface area contributed by atoms with Gasteiger partial charge in [0.2, 0.25) is 0 Å². The Balaban J connectivity index is 3.07. The van der Waals surface area contributed by atoms with Gasteiger partial charge in [-0.1, -0.05) is 12.1 Å². The zero-order chi connectivity index (χ0) is 9.14. The number of aliphatic hydroxyl groups is 1. The minimum absolute atomic E-state index is 0.0109. The third-order valence-electron chi connectivity index (χ3n) is 1.63. The number of rotatable bonds is 2. The van der Waals surface area contributed by atoms with Crippen LogP contribution in [0.5, 0.6) is 11.5 Å². The van der Waals surface area contributed by atoms with Crippen LogP contribution in [0.2, 0.25) is 0 Å². The molecule has 0 unspecified atom stereocenters. The molecular formula is C8H11NO3. The van der Waals surface area contributed by atoms with E-state index >= 15 is 0 Å². The Morgan fingerprint density at radius 3 is 2.58 bits per heavy atom. The molecule has 0 amide bonds. The van der Waals surface area contributed by atoms with Crippen LogP contribution < -0.4 is 5.73 Å². The van der Waals surface area contributed by atoms with E-state index in [2.05, 4.69) is 0 Å². The lowest BCUT2D eigenvalue weighted by atomic mass is 10.1. The molecule has 1 rings (SSSR count). The summed E-state index contributed by atoms with van der Waals surface area (Å²) in [6, 6.07) is 4.37. The minimum atomic E-state index is -0.933. The summed E-state index contributed by atoms with van der Waals surface area (Å²) < 4.78 is 0. The second kappa shape index (κ2) is 3.42. The van der Waals surface area contributed by atoms with Crippen molar-refractivity contribution < 1.29 is 15.3 Å². The van der Waals surface area contributed by atoms with E-state index in [4.69, 9.17) is 10.8 Å². The smallest absolute Gasteiger partial charge is 0.163 e. The molecule has 66 valence electrons. The molecule has 4 nitrogen and oxygen atoms in total. The summed E-state index contributed by atoms with van der Waals surface area (Å²) >= 11 is 0. The van der Waals surface area contributed by atoms with Gasteiger partial charge in [-0.15, -0.1) is 0 Å². The second-order valence-electron chi connectivity index (χ2n) is 2.47. The molecule has 0 saturated heterocycles. The van der Waals surface area contributed by atoms with Crippen molar-refractivity contribution in [3.05, 3.63) is 23.8 Å². The SMILES string of the molecule is NC[C@@H](O)c1cccc(O)c1O. The van der Waals surface area contributed by atoms with E-state index < -0.39 is 6.10 Å². The average molecular weight is 169 g/mol. The molecule has 0 radical (unpaired) electrons. The van der Waals surface area contributed by atoms with Crippen LogP contribution in [0.4, 0.5) is 0 Å². The zero-order valence-electron chi connectivity index (χ0n) is 6.44. The molecule has 0 aromatic heterocycles. The predicted molar refractivity (Wildman–Crippen MR) is 43.8 cm³/mol. The first-order valence-corrected chi connectivity index (χ1v) is 3.55. The Labute approximate surface area is 69.9 Å². The summed E-state index contributed by atoms with van der Waals surface area (Å²) in [6.45, 7) is 0.0109. The van der Waals surface area contributed by atoms with Crippen molar-refractivity contribution in [1.82, 2.24) is 0 Å². The second-order valence-corrected chi connectivity index (χ2v) is 2.47. The van der Waals surface area contributed by atoms with Gasteiger partial charge in [-0.25, -0.2) is 0 Å². The molecule has 0 spiro atoms. The molecular weight excluding hydrogens is 158 g/mol. The lowest BCUT2D eigenvalue weighted by Gasteiger charge is -2.10. The van der Waals surface area contributed by atoms with Crippen LogP contribution in [0, 0.1) is 0 Å². The largest absolute Gasteiger partial charge is 0.504 e. The molecule has 1 aromatic rings. The van der Waals surface area contributed by atoms with Crippen molar-refractivity contribution in [2.75, 3.05) is 6.54 Å². The Morgan fingerprint density at radius 2 is 2.00 bits per heavy atom. The van der Waals surface area contributed by atoms with E-state index in [1.165, 1.54) is 18.2 Å². The summed E-state index contributed by atoms with van der Waals surface area (Å²) in [5, 5.41) is 27.5. The first-order valence-electron chi connectivity index (χ1n) is 3.55. The highest BCUT2D eigenvalue weighted by Gasteiger charge is 2.12. The standard InChI is InChI=1S/C8H11NO3/c9-4-7(11)5-2-1-3-6(10)8(5)12/h1-3,7,10-12H,4,9H2/t7-/m1/s1. The summed E-state index contributed by atoms with van der Waals surface area (Å²) in [7, 11) is 0. The number of aromatic hydroxyl groups is 2. The molecule has 0 aliphatic rings. The fraction of sp³-hybridized carbons (Fsp3) is 0.250. The topological polar surface area (TPSA) is 86.7 Å². The number of phenolic OH excluding ortho intramolecular Hbond substituents is 2. The molecule has 12 heavy (non-hydrogen) atoms. The maximum atomic E-state index is 9.24. The van der Waals surface area contributed by atoms with Crippen LogP contribution >= 0.6 is 0 Å². The van der Waals surface area contributed by atoms with Gasteiger partial charge in [0.15, 0.2) is 11.5 Å². The molecule has 0 heterocycles. The molecule has 0 saturated carbocycles. The highest BCUT2D eigenvalue weighted by atomic mass is 16.3. The number of phenols is 2. The Hall–Kier alpha value is -1.26. The third-order valence-corrected chi connectivity index (χ3v) is 1.63. The van der Waals surface area contributed by atoms with Gasteiger partial charge in [0, 0.05) is 12.1 Å². The predicted octanol–water partition coefficient (Wildman–Crippen LogP) is 0.0899. The third kappa shape index (κ3) is 1.49. The number of nitrogens with two attached hydrogens (primary N) is 1. The Morgan fingerprint density at radius 1 is 1.33 bits per heavy atom. The maximum absolute atomic E-state index is 9.24. The summed E-state index contributed by atoms with van der Waals surface area (Å²) in [6.07, 6.45) is -0.933. The van der Waals surface area contributed by atoms with Gasteiger partial charge in [-0.3, -0.25) is 0 Å². The van der Waals surface area contributed by atoms with Gasteiger partial charge >= 0.3 is 0 Å². The summed E-state index contributed by atoms with van der Waals surface area (Å²) in [5.41, 5.74) is 5.43. The Kier molecular flexibility index (Phi) is 2.52. The molecule has 1 aromatic carbocycles. The number of hydrogen-bond acceptors (Lipinski definition) is 4. The fourth-order valence-corrected chi connectivity index (χ4v) is 0.945. The van der Waals surface area contributed by atoms with E-state index in [0.29, 0.717) is 0 Å². The van der Waals surface area contributed by atoms with Crippen molar-refractivity contribution in [2.24, 2.45) is 5.73 Å². The maximum Gasteiger partial charge on any atom is 0.163 e. The molecule has 4 heteroatoms. The molecule has 1 atom stereocenters. The molecule has 0 aliphatic carbocycles. The van der Waals surface area contributed by atoms with E-state index in [-0.39, 0.29) is 23.6 Å². The monoisotopic (exact) mass is 169 g/mol. The lowest BCUT2D eigenvalue weighted by Crippen LogP contribution is -2.11. The summed E-state index contributed by atoms with van der Waals surface area (Å²) in [5.74, 6) is -0.560. The quantitative estimate of drug-likeness (QED) is 0.472. The van der Waals surface area contributed by atoms with Crippen molar-refractivity contribution in [3.8, 4) is 11.5 Å². The van der Waals surface area contributed by atoms with E-state index in [1.807, 2.05) is 0 Å². The van der Waals surface area contributed by atoms with Crippen LogP contribution in [-0.4, -0.2) is 21.9 Å². The van der Waals surface area contributed by atoms with Gasteiger partial charge in [0.05, 0.1) is 6.10 Å². The summed E-state index contributed by atoms with van der Waals surface area (Å²) in [4.78, 5) is 0. The number of hydrogen-bond donors (Lipinski definition) is 4. The van der Waals surface area contributed by atoms with Crippen molar-refractivity contribution in [3.63, 3.8) is 0 Å². The Bertz CT molecular complexity index is 275. The molecule has 0 fully saturated rings. The van der Waals surface area contributed by atoms with E-state index in [0.717, 1.165) is 0 Å². The molecule has 0 bridgehead atoms. The normalized spacial score (nSPS) is 12.8. The first-order chi connectivity index (χ1) is 5.66. The lowest BCUT2D eigenvalue weighted by molar-refractivity contribution is 0.181. The van der Waals surface area contributed by atoms with E-state index in [9.17, 15) is 10.2 Å². The van der Waals surface area contributed by atoms with Gasteiger partial charge < -0.3 is 21.1 Å².